The molecule has 0 bridgehead atoms. The molecule has 1 aromatic carbocycles. The van der Waals surface area contributed by atoms with E-state index in [2.05, 4.69) is 11.9 Å². The Labute approximate surface area is 124 Å². The lowest BCUT2D eigenvalue weighted by Crippen LogP contribution is -2.32. The van der Waals surface area contributed by atoms with Crippen LogP contribution in [0.1, 0.15) is 28.6 Å². The van der Waals surface area contributed by atoms with Crippen LogP contribution < -0.4 is 4.74 Å². The number of fused-ring (bicyclic) bond motifs is 1. The summed E-state index contributed by atoms with van der Waals surface area (Å²) in [6, 6.07) is 5.98. The second kappa shape index (κ2) is 5.15. The first-order valence-corrected chi connectivity index (χ1v) is 7.10. The van der Waals surface area contributed by atoms with Gasteiger partial charge >= 0.3 is 0 Å². The fraction of sp³-hybridized carbons (Fsp3) is 0.375. The molecule has 0 aliphatic carbocycles. The average molecular weight is 292 g/mol. The van der Waals surface area contributed by atoms with Crippen LogP contribution in [0.3, 0.4) is 0 Å². The van der Waals surface area contributed by atoms with Gasteiger partial charge < -0.3 is 9.15 Å². The zero-order valence-corrected chi connectivity index (χ0v) is 12.7. The van der Waals surface area contributed by atoms with E-state index < -0.39 is 0 Å². The van der Waals surface area contributed by atoms with Gasteiger partial charge in [-0.2, -0.15) is 0 Å². The van der Waals surface area contributed by atoms with Crippen molar-refractivity contribution in [3.63, 3.8) is 0 Å². The molecule has 3 nitrogen and oxygen atoms in total. The predicted octanol–water partition coefficient (Wildman–Crippen LogP) is 4.12. The standard InChI is InChI=1S/C16H18ClNO2/c1-10-6-12(7-11(2)16(10)17)20-15-9-18(3)8-14-13(15)4-5-19-14/h4-7,15H,8-9H2,1-3H3. The minimum atomic E-state index is 0.00229. The minimum absolute atomic E-state index is 0.00229. The molecule has 1 aliphatic rings. The number of rotatable bonds is 2. The monoisotopic (exact) mass is 291 g/mol. The van der Waals surface area contributed by atoms with Gasteiger partial charge in [-0.1, -0.05) is 11.6 Å². The molecular formula is C16H18ClNO2. The van der Waals surface area contributed by atoms with Crippen LogP contribution in [0.4, 0.5) is 0 Å². The number of likely N-dealkylation sites (N-methyl/N-ethyl adjacent to an activating group) is 1. The lowest BCUT2D eigenvalue weighted by molar-refractivity contribution is 0.120. The predicted molar refractivity (Wildman–Crippen MR) is 79.3 cm³/mol. The molecule has 1 atom stereocenters. The first-order chi connectivity index (χ1) is 9.54. The number of nitrogens with zero attached hydrogens (tertiary/aromatic N) is 1. The van der Waals surface area contributed by atoms with Gasteiger partial charge in [0.2, 0.25) is 0 Å². The van der Waals surface area contributed by atoms with Gasteiger partial charge in [0, 0.05) is 17.1 Å². The molecule has 4 heteroatoms. The Bertz CT molecular complexity index is 612. The van der Waals surface area contributed by atoms with E-state index in [-0.39, 0.29) is 6.10 Å². The summed E-state index contributed by atoms with van der Waals surface area (Å²) in [4.78, 5) is 2.20. The summed E-state index contributed by atoms with van der Waals surface area (Å²) < 4.78 is 11.7. The maximum Gasteiger partial charge on any atom is 0.140 e. The molecule has 20 heavy (non-hydrogen) atoms. The van der Waals surface area contributed by atoms with E-state index in [1.807, 2.05) is 32.0 Å². The van der Waals surface area contributed by atoms with Crippen molar-refractivity contribution in [1.29, 1.82) is 0 Å². The Morgan fingerprint density at radius 3 is 2.70 bits per heavy atom. The molecule has 0 amide bonds. The molecule has 1 aliphatic heterocycles. The highest BCUT2D eigenvalue weighted by molar-refractivity contribution is 6.32. The van der Waals surface area contributed by atoms with Crippen LogP contribution in [0.2, 0.25) is 5.02 Å². The Hall–Kier alpha value is -1.45. The molecule has 0 saturated carbocycles. The van der Waals surface area contributed by atoms with Crippen molar-refractivity contribution in [3.8, 4) is 5.75 Å². The third-order valence-corrected chi connectivity index (χ3v) is 4.30. The van der Waals surface area contributed by atoms with Crippen LogP contribution in [0.15, 0.2) is 28.9 Å². The average Bonchev–Trinajstić information content (AvgIpc) is 2.84. The molecule has 0 fully saturated rings. The van der Waals surface area contributed by atoms with Crippen LogP contribution in [-0.2, 0) is 6.54 Å². The van der Waals surface area contributed by atoms with Gasteiger partial charge in [-0.05, 0) is 50.2 Å². The Morgan fingerprint density at radius 2 is 2.00 bits per heavy atom. The van der Waals surface area contributed by atoms with Gasteiger partial charge in [-0.3, -0.25) is 4.90 Å². The van der Waals surface area contributed by atoms with Gasteiger partial charge in [0.05, 0.1) is 12.8 Å². The van der Waals surface area contributed by atoms with E-state index in [0.29, 0.717) is 0 Å². The van der Waals surface area contributed by atoms with Crippen molar-refractivity contribution in [2.24, 2.45) is 0 Å². The zero-order valence-electron chi connectivity index (χ0n) is 11.9. The minimum Gasteiger partial charge on any atom is -0.484 e. The normalized spacial score (nSPS) is 18.9. The number of halogens is 1. The van der Waals surface area contributed by atoms with Gasteiger partial charge in [0.25, 0.3) is 0 Å². The van der Waals surface area contributed by atoms with Gasteiger partial charge in [-0.15, -0.1) is 0 Å². The fourth-order valence-corrected chi connectivity index (χ4v) is 2.81. The summed E-state index contributed by atoms with van der Waals surface area (Å²) in [6.45, 7) is 5.69. The van der Waals surface area contributed by atoms with E-state index in [0.717, 1.165) is 46.3 Å². The number of benzene rings is 1. The van der Waals surface area contributed by atoms with Crippen molar-refractivity contribution in [3.05, 3.63) is 51.9 Å². The first kappa shape index (κ1) is 13.5. The summed E-state index contributed by atoms with van der Waals surface area (Å²) in [5.41, 5.74) is 3.23. The Balaban J connectivity index is 1.89. The molecule has 1 aromatic heterocycles. The Kier molecular flexibility index (Phi) is 3.48. The highest BCUT2D eigenvalue weighted by Gasteiger charge is 2.27. The van der Waals surface area contributed by atoms with Crippen molar-refractivity contribution < 1.29 is 9.15 Å². The molecule has 3 rings (SSSR count). The molecule has 0 radical (unpaired) electrons. The number of ether oxygens (including phenoxy) is 1. The first-order valence-electron chi connectivity index (χ1n) is 6.73. The molecule has 0 spiro atoms. The number of hydrogen-bond acceptors (Lipinski definition) is 3. The maximum absolute atomic E-state index is 6.20. The largest absolute Gasteiger partial charge is 0.484 e. The molecule has 2 heterocycles. The van der Waals surface area contributed by atoms with Crippen molar-refractivity contribution in [2.75, 3.05) is 13.6 Å². The summed E-state index contributed by atoms with van der Waals surface area (Å²) >= 11 is 6.20. The maximum atomic E-state index is 6.20. The summed E-state index contributed by atoms with van der Waals surface area (Å²) in [5, 5.41) is 0.808. The van der Waals surface area contributed by atoms with Gasteiger partial charge in [0.1, 0.15) is 17.6 Å². The SMILES string of the molecule is Cc1cc(OC2CN(C)Cc3occc32)cc(C)c1Cl. The zero-order chi connectivity index (χ0) is 14.3. The topological polar surface area (TPSA) is 25.6 Å². The highest BCUT2D eigenvalue weighted by Crippen LogP contribution is 2.33. The van der Waals surface area contributed by atoms with Gasteiger partial charge in [-0.25, -0.2) is 0 Å². The second-order valence-electron chi connectivity index (χ2n) is 5.47. The van der Waals surface area contributed by atoms with E-state index in [9.17, 15) is 0 Å². The van der Waals surface area contributed by atoms with Crippen LogP contribution in [0.5, 0.6) is 5.75 Å². The van der Waals surface area contributed by atoms with Gasteiger partial charge in [0.15, 0.2) is 0 Å². The van der Waals surface area contributed by atoms with Crippen LogP contribution >= 0.6 is 11.6 Å². The van der Waals surface area contributed by atoms with E-state index in [1.165, 1.54) is 0 Å². The quantitative estimate of drug-likeness (QED) is 0.832. The highest BCUT2D eigenvalue weighted by atomic mass is 35.5. The smallest absolute Gasteiger partial charge is 0.140 e. The molecule has 0 N–H and O–H groups in total. The lowest BCUT2D eigenvalue weighted by atomic mass is 10.1. The van der Waals surface area contributed by atoms with Crippen LogP contribution in [0, 0.1) is 13.8 Å². The Morgan fingerprint density at radius 1 is 1.30 bits per heavy atom. The molecule has 106 valence electrons. The van der Waals surface area contributed by atoms with Crippen molar-refractivity contribution in [1.82, 2.24) is 4.90 Å². The second-order valence-corrected chi connectivity index (χ2v) is 5.85. The van der Waals surface area contributed by atoms with E-state index in [4.69, 9.17) is 20.8 Å². The molecule has 0 saturated heterocycles. The van der Waals surface area contributed by atoms with Crippen LogP contribution in [-0.4, -0.2) is 18.5 Å². The molecule has 1 unspecified atom stereocenters. The van der Waals surface area contributed by atoms with Crippen molar-refractivity contribution >= 4 is 11.6 Å². The third-order valence-electron chi connectivity index (χ3n) is 3.71. The lowest BCUT2D eigenvalue weighted by Gasteiger charge is -2.29. The third kappa shape index (κ3) is 2.43. The fourth-order valence-electron chi connectivity index (χ4n) is 2.70. The van der Waals surface area contributed by atoms with Crippen LogP contribution in [0.25, 0.3) is 0 Å². The summed E-state index contributed by atoms with van der Waals surface area (Å²) in [6.07, 6.45) is 1.74. The number of aryl methyl sites for hydroxylation is 2. The number of furan rings is 1. The van der Waals surface area contributed by atoms with E-state index in [1.54, 1.807) is 6.26 Å². The summed E-state index contributed by atoms with van der Waals surface area (Å²) in [7, 11) is 2.07. The van der Waals surface area contributed by atoms with E-state index >= 15 is 0 Å². The van der Waals surface area contributed by atoms with Crippen molar-refractivity contribution in [2.45, 2.75) is 26.5 Å². The number of hydrogen-bond donors (Lipinski definition) is 0. The summed E-state index contributed by atoms with van der Waals surface area (Å²) in [5.74, 6) is 1.85. The molecule has 2 aromatic rings. The molecular weight excluding hydrogens is 274 g/mol.